The summed E-state index contributed by atoms with van der Waals surface area (Å²) in [5.41, 5.74) is 5.20. The lowest BCUT2D eigenvalue weighted by molar-refractivity contribution is -0.129. The number of rotatable bonds is 1. The fourth-order valence-electron chi connectivity index (χ4n) is 0.676. The van der Waals surface area contributed by atoms with Gasteiger partial charge in [0.05, 0.1) is 12.0 Å². The largest absolute Gasteiger partial charge is 0.467 e. The van der Waals surface area contributed by atoms with Crippen LogP contribution in [0, 0.1) is 0 Å². The Morgan fingerprint density at radius 3 is 2.45 bits per heavy atom. The van der Waals surface area contributed by atoms with E-state index < -0.39 is 12.6 Å². The van der Waals surface area contributed by atoms with Gasteiger partial charge >= 0.3 is 6.18 Å². The van der Waals surface area contributed by atoms with Gasteiger partial charge in [-0.25, -0.2) is 0 Å². The molecule has 1 aromatic rings. The zero-order valence-corrected chi connectivity index (χ0v) is 5.48. The van der Waals surface area contributed by atoms with Crippen LogP contribution in [0.3, 0.4) is 0 Å². The Hall–Kier alpha value is -1.13. The van der Waals surface area contributed by atoms with E-state index in [1.807, 2.05) is 0 Å². The second-order valence-corrected chi connectivity index (χ2v) is 2.09. The van der Waals surface area contributed by atoms with Crippen LogP contribution in [0.15, 0.2) is 16.7 Å². The van der Waals surface area contributed by atoms with Crippen LogP contribution < -0.4 is 5.73 Å². The summed E-state index contributed by atoms with van der Waals surface area (Å²) in [6, 6.07) is 1.29. The van der Waals surface area contributed by atoms with Crippen LogP contribution in [0.5, 0.6) is 0 Å². The predicted molar refractivity (Wildman–Crippen MR) is 32.9 cm³/mol. The van der Waals surface area contributed by atoms with Crippen molar-refractivity contribution in [2.75, 3.05) is 5.73 Å². The van der Waals surface area contributed by atoms with Crippen LogP contribution in [0.4, 0.5) is 18.9 Å². The maximum absolute atomic E-state index is 11.7. The van der Waals surface area contributed by atoms with Gasteiger partial charge < -0.3 is 10.2 Å². The Morgan fingerprint density at radius 2 is 2.09 bits per heavy atom. The molecule has 0 amide bonds. The number of nitrogen functional groups attached to an aromatic ring is 1. The first-order valence-electron chi connectivity index (χ1n) is 2.87. The van der Waals surface area contributed by atoms with Crippen molar-refractivity contribution in [2.45, 2.75) is 12.6 Å². The molecule has 0 saturated carbocycles. The number of nitrogens with two attached hydrogens (primary N) is 1. The molecule has 0 radical (unpaired) electrons. The minimum atomic E-state index is -4.26. The Morgan fingerprint density at radius 1 is 1.45 bits per heavy atom. The maximum Gasteiger partial charge on any atom is 0.396 e. The summed E-state index contributed by atoms with van der Waals surface area (Å²) in [4.78, 5) is 0. The number of anilines is 1. The highest BCUT2D eigenvalue weighted by Gasteiger charge is 2.30. The molecule has 1 rings (SSSR count). The summed E-state index contributed by atoms with van der Waals surface area (Å²) in [6.07, 6.45) is -4.23. The molecule has 0 unspecified atom stereocenters. The van der Waals surface area contributed by atoms with Crippen LogP contribution in [-0.4, -0.2) is 6.18 Å². The van der Waals surface area contributed by atoms with E-state index in [1.165, 1.54) is 6.07 Å². The standard InChI is InChI=1S/C6H6F3NO/c7-6(8,9)3-5-4(10)1-2-11-5/h1-2H,3,10H2. The van der Waals surface area contributed by atoms with Gasteiger partial charge in [-0.3, -0.25) is 0 Å². The molecule has 0 spiro atoms. The van der Waals surface area contributed by atoms with Crippen LogP contribution in [-0.2, 0) is 6.42 Å². The quantitative estimate of drug-likeness (QED) is 0.690. The molecule has 2 nitrogen and oxygen atoms in total. The average Bonchev–Trinajstić information content (AvgIpc) is 2.12. The third kappa shape index (κ3) is 2.18. The van der Waals surface area contributed by atoms with Gasteiger partial charge in [0.15, 0.2) is 0 Å². The van der Waals surface area contributed by atoms with E-state index in [0.29, 0.717) is 0 Å². The van der Waals surface area contributed by atoms with Gasteiger partial charge in [0.2, 0.25) is 0 Å². The summed E-state index contributed by atoms with van der Waals surface area (Å²) in [6.45, 7) is 0. The first kappa shape index (κ1) is 7.97. The molecular formula is C6H6F3NO. The van der Waals surface area contributed by atoms with Crippen molar-refractivity contribution in [2.24, 2.45) is 0 Å². The third-order valence-corrected chi connectivity index (χ3v) is 1.14. The van der Waals surface area contributed by atoms with Gasteiger partial charge in [0.25, 0.3) is 0 Å². The van der Waals surface area contributed by atoms with E-state index >= 15 is 0 Å². The molecule has 5 heteroatoms. The summed E-state index contributed by atoms with van der Waals surface area (Å²) < 4.78 is 39.5. The summed E-state index contributed by atoms with van der Waals surface area (Å²) in [5.74, 6) is -0.225. The molecule has 0 saturated heterocycles. The molecule has 0 fully saturated rings. The zero-order valence-electron chi connectivity index (χ0n) is 5.48. The van der Waals surface area contributed by atoms with Crippen molar-refractivity contribution >= 4 is 5.69 Å². The van der Waals surface area contributed by atoms with Gasteiger partial charge in [0.1, 0.15) is 12.2 Å². The monoisotopic (exact) mass is 165 g/mol. The van der Waals surface area contributed by atoms with E-state index in [0.717, 1.165) is 6.26 Å². The molecule has 0 aromatic carbocycles. The first-order valence-corrected chi connectivity index (χ1v) is 2.87. The van der Waals surface area contributed by atoms with E-state index in [-0.39, 0.29) is 11.4 Å². The predicted octanol–water partition coefficient (Wildman–Crippen LogP) is 1.97. The van der Waals surface area contributed by atoms with E-state index in [2.05, 4.69) is 4.42 Å². The summed E-state index contributed by atoms with van der Waals surface area (Å²) in [7, 11) is 0. The number of hydrogen-bond donors (Lipinski definition) is 1. The second-order valence-electron chi connectivity index (χ2n) is 2.09. The highest BCUT2D eigenvalue weighted by atomic mass is 19.4. The van der Waals surface area contributed by atoms with Gasteiger partial charge in [-0.2, -0.15) is 13.2 Å². The van der Waals surface area contributed by atoms with Crippen molar-refractivity contribution in [3.8, 4) is 0 Å². The Balaban J connectivity index is 2.72. The summed E-state index contributed by atoms with van der Waals surface area (Å²) in [5, 5.41) is 0. The molecule has 11 heavy (non-hydrogen) atoms. The van der Waals surface area contributed by atoms with Crippen LogP contribution in [0.25, 0.3) is 0 Å². The topological polar surface area (TPSA) is 39.2 Å². The molecule has 62 valence electrons. The Kier molecular flexibility index (Phi) is 1.80. The van der Waals surface area contributed by atoms with Crippen LogP contribution in [0.2, 0.25) is 0 Å². The lowest BCUT2D eigenvalue weighted by Crippen LogP contribution is -2.11. The van der Waals surface area contributed by atoms with Crippen molar-refractivity contribution in [3.63, 3.8) is 0 Å². The van der Waals surface area contributed by atoms with Gasteiger partial charge in [-0.05, 0) is 6.07 Å². The van der Waals surface area contributed by atoms with Crippen molar-refractivity contribution in [1.82, 2.24) is 0 Å². The Labute approximate surface area is 60.8 Å². The minimum absolute atomic E-state index is 0.0438. The molecule has 2 N–H and O–H groups in total. The van der Waals surface area contributed by atoms with Crippen molar-refractivity contribution < 1.29 is 17.6 Å². The fourth-order valence-corrected chi connectivity index (χ4v) is 0.676. The fraction of sp³-hybridized carbons (Fsp3) is 0.333. The zero-order chi connectivity index (χ0) is 8.48. The molecule has 0 atom stereocenters. The van der Waals surface area contributed by atoms with Gasteiger partial charge in [0, 0.05) is 0 Å². The lowest BCUT2D eigenvalue weighted by atomic mass is 10.3. The molecule has 1 aromatic heterocycles. The van der Waals surface area contributed by atoms with Crippen LogP contribution >= 0.6 is 0 Å². The van der Waals surface area contributed by atoms with Gasteiger partial charge in [-0.15, -0.1) is 0 Å². The smallest absolute Gasteiger partial charge is 0.396 e. The number of furan rings is 1. The number of alkyl halides is 3. The highest BCUT2D eigenvalue weighted by Crippen LogP contribution is 2.24. The summed E-state index contributed by atoms with van der Waals surface area (Å²) >= 11 is 0. The van der Waals surface area contributed by atoms with Crippen molar-refractivity contribution in [1.29, 1.82) is 0 Å². The second kappa shape index (κ2) is 2.48. The van der Waals surface area contributed by atoms with E-state index in [9.17, 15) is 13.2 Å². The minimum Gasteiger partial charge on any atom is -0.467 e. The van der Waals surface area contributed by atoms with Crippen molar-refractivity contribution in [3.05, 3.63) is 18.1 Å². The molecule has 0 aliphatic carbocycles. The maximum atomic E-state index is 11.7. The lowest BCUT2D eigenvalue weighted by Gasteiger charge is -2.02. The molecule has 0 aliphatic heterocycles. The Bertz CT molecular complexity index is 240. The van der Waals surface area contributed by atoms with E-state index in [4.69, 9.17) is 5.73 Å². The molecular weight excluding hydrogens is 159 g/mol. The molecule has 0 bridgehead atoms. The normalized spacial score (nSPS) is 11.9. The van der Waals surface area contributed by atoms with Crippen LogP contribution in [0.1, 0.15) is 5.76 Å². The third-order valence-electron chi connectivity index (χ3n) is 1.14. The average molecular weight is 165 g/mol. The number of hydrogen-bond acceptors (Lipinski definition) is 2. The van der Waals surface area contributed by atoms with Gasteiger partial charge in [-0.1, -0.05) is 0 Å². The SMILES string of the molecule is Nc1ccoc1CC(F)(F)F. The highest BCUT2D eigenvalue weighted by molar-refractivity contribution is 5.40. The molecule has 0 aliphatic rings. The first-order chi connectivity index (χ1) is 4.99. The molecule has 1 heterocycles. The number of halogens is 3. The van der Waals surface area contributed by atoms with E-state index in [1.54, 1.807) is 0 Å².